The van der Waals surface area contributed by atoms with Crippen LogP contribution in [0, 0.1) is 5.82 Å². The molecule has 0 spiro atoms. The van der Waals surface area contributed by atoms with E-state index in [4.69, 9.17) is 4.74 Å². The number of anilines is 1. The minimum atomic E-state index is -0.313. The van der Waals surface area contributed by atoms with Crippen molar-refractivity contribution < 1.29 is 9.13 Å². The Morgan fingerprint density at radius 3 is 2.63 bits per heavy atom. The number of benzene rings is 2. The topological polar surface area (TPSA) is 41.5 Å². The van der Waals surface area contributed by atoms with Gasteiger partial charge in [-0.1, -0.05) is 22.0 Å². The molecule has 7 heteroatoms. The highest BCUT2D eigenvalue weighted by atomic mass is 79.9. The van der Waals surface area contributed by atoms with E-state index in [1.807, 2.05) is 18.2 Å². The van der Waals surface area contributed by atoms with Crippen LogP contribution in [0.5, 0.6) is 5.75 Å². The van der Waals surface area contributed by atoms with Gasteiger partial charge < -0.3 is 9.64 Å². The number of aromatic nitrogens is 2. The van der Waals surface area contributed by atoms with Crippen LogP contribution in [-0.2, 0) is 6.54 Å². The number of halogens is 2. The Morgan fingerprint density at radius 2 is 1.89 bits per heavy atom. The predicted molar refractivity (Wildman–Crippen MR) is 108 cm³/mol. The molecular formula is C20H20BrFN4O. The SMILES string of the molecule is COc1ccc(CN2CCN(c3ncnc4ccc(Br)cc34)CC2)cc1F. The summed E-state index contributed by atoms with van der Waals surface area (Å²) < 4.78 is 19.9. The molecule has 0 aliphatic carbocycles. The van der Waals surface area contributed by atoms with E-state index in [9.17, 15) is 4.39 Å². The molecule has 2 heterocycles. The standard InChI is InChI=1S/C20H20BrFN4O/c1-27-19-5-2-14(10-17(19)22)12-25-6-8-26(9-7-25)20-16-11-15(21)3-4-18(16)23-13-24-20/h2-5,10-11,13H,6-9,12H2,1H3. The van der Waals surface area contributed by atoms with E-state index in [0.717, 1.165) is 59.5 Å². The van der Waals surface area contributed by atoms with Crippen LogP contribution in [0.15, 0.2) is 47.2 Å². The van der Waals surface area contributed by atoms with E-state index < -0.39 is 0 Å². The van der Waals surface area contributed by atoms with Crippen LogP contribution < -0.4 is 9.64 Å². The summed E-state index contributed by atoms with van der Waals surface area (Å²) in [5, 5.41) is 1.05. The van der Waals surface area contributed by atoms with Crippen molar-refractivity contribution in [3.63, 3.8) is 0 Å². The number of fused-ring (bicyclic) bond motifs is 1. The Kier molecular flexibility index (Phi) is 5.22. The first-order chi connectivity index (χ1) is 13.1. The summed E-state index contributed by atoms with van der Waals surface area (Å²) >= 11 is 3.53. The molecule has 1 aromatic heterocycles. The molecule has 0 saturated carbocycles. The number of piperazine rings is 1. The minimum absolute atomic E-state index is 0.283. The Hall–Kier alpha value is -2.25. The molecular weight excluding hydrogens is 411 g/mol. The van der Waals surface area contributed by atoms with Gasteiger partial charge in [-0.3, -0.25) is 4.90 Å². The summed E-state index contributed by atoms with van der Waals surface area (Å²) in [5.41, 5.74) is 1.90. The van der Waals surface area contributed by atoms with Crippen LogP contribution >= 0.6 is 15.9 Å². The summed E-state index contributed by atoms with van der Waals surface area (Å²) in [4.78, 5) is 13.5. The van der Waals surface area contributed by atoms with E-state index in [-0.39, 0.29) is 11.6 Å². The average Bonchev–Trinajstić information content (AvgIpc) is 2.68. The Morgan fingerprint density at radius 1 is 1.07 bits per heavy atom. The second kappa shape index (κ2) is 7.78. The van der Waals surface area contributed by atoms with Crippen LogP contribution in [-0.4, -0.2) is 48.2 Å². The van der Waals surface area contributed by atoms with Gasteiger partial charge in [0.2, 0.25) is 0 Å². The summed E-state index contributed by atoms with van der Waals surface area (Å²) in [6.45, 7) is 4.26. The number of methoxy groups -OCH3 is 1. The summed E-state index contributed by atoms with van der Waals surface area (Å²) in [7, 11) is 1.48. The van der Waals surface area contributed by atoms with Crippen molar-refractivity contribution in [1.29, 1.82) is 0 Å². The molecule has 5 nitrogen and oxygen atoms in total. The van der Waals surface area contributed by atoms with Crippen molar-refractivity contribution in [1.82, 2.24) is 14.9 Å². The van der Waals surface area contributed by atoms with Crippen molar-refractivity contribution in [2.24, 2.45) is 0 Å². The fourth-order valence-electron chi connectivity index (χ4n) is 3.45. The zero-order valence-corrected chi connectivity index (χ0v) is 16.6. The highest BCUT2D eigenvalue weighted by Gasteiger charge is 2.20. The molecule has 4 rings (SSSR count). The monoisotopic (exact) mass is 430 g/mol. The number of nitrogens with zero attached hydrogens (tertiary/aromatic N) is 4. The van der Waals surface area contributed by atoms with Gasteiger partial charge in [0.25, 0.3) is 0 Å². The Balaban J connectivity index is 1.45. The molecule has 0 bridgehead atoms. The van der Waals surface area contributed by atoms with E-state index in [1.165, 1.54) is 7.11 Å². The van der Waals surface area contributed by atoms with E-state index in [2.05, 4.69) is 41.8 Å². The highest BCUT2D eigenvalue weighted by Crippen LogP contribution is 2.27. The zero-order chi connectivity index (χ0) is 18.8. The van der Waals surface area contributed by atoms with Crippen LogP contribution in [0.1, 0.15) is 5.56 Å². The highest BCUT2D eigenvalue weighted by molar-refractivity contribution is 9.10. The van der Waals surface area contributed by atoms with Gasteiger partial charge in [-0.15, -0.1) is 0 Å². The molecule has 140 valence electrons. The molecule has 2 aromatic carbocycles. The lowest BCUT2D eigenvalue weighted by atomic mass is 10.1. The maximum Gasteiger partial charge on any atom is 0.165 e. The molecule has 0 N–H and O–H groups in total. The molecule has 0 unspecified atom stereocenters. The maximum atomic E-state index is 13.9. The quantitative estimate of drug-likeness (QED) is 0.628. The van der Waals surface area contributed by atoms with Gasteiger partial charge in [-0.05, 0) is 35.9 Å². The van der Waals surface area contributed by atoms with E-state index in [0.29, 0.717) is 0 Å². The van der Waals surface area contributed by atoms with Gasteiger partial charge >= 0.3 is 0 Å². The van der Waals surface area contributed by atoms with Gasteiger partial charge in [-0.25, -0.2) is 14.4 Å². The number of hydrogen-bond donors (Lipinski definition) is 0. The van der Waals surface area contributed by atoms with Crippen molar-refractivity contribution >= 4 is 32.7 Å². The van der Waals surface area contributed by atoms with Crippen molar-refractivity contribution in [2.75, 3.05) is 38.2 Å². The Labute approximate surface area is 165 Å². The van der Waals surface area contributed by atoms with Crippen molar-refractivity contribution in [2.45, 2.75) is 6.54 Å². The largest absolute Gasteiger partial charge is 0.494 e. The molecule has 1 aliphatic rings. The second-order valence-electron chi connectivity index (χ2n) is 6.59. The maximum absolute atomic E-state index is 13.9. The van der Waals surface area contributed by atoms with Gasteiger partial charge in [0, 0.05) is 42.6 Å². The number of rotatable bonds is 4. The van der Waals surface area contributed by atoms with E-state index >= 15 is 0 Å². The third-order valence-corrected chi connectivity index (χ3v) is 5.36. The number of ether oxygens (including phenoxy) is 1. The molecule has 1 saturated heterocycles. The lowest BCUT2D eigenvalue weighted by Crippen LogP contribution is -2.46. The third kappa shape index (κ3) is 3.89. The van der Waals surface area contributed by atoms with Crippen LogP contribution in [0.25, 0.3) is 10.9 Å². The van der Waals surface area contributed by atoms with Gasteiger partial charge in [-0.2, -0.15) is 0 Å². The molecule has 3 aromatic rings. The predicted octanol–water partition coefficient (Wildman–Crippen LogP) is 3.86. The molecule has 27 heavy (non-hydrogen) atoms. The van der Waals surface area contributed by atoms with Crippen LogP contribution in [0.3, 0.4) is 0 Å². The van der Waals surface area contributed by atoms with Gasteiger partial charge in [0.05, 0.1) is 12.6 Å². The minimum Gasteiger partial charge on any atom is -0.494 e. The summed E-state index contributed by atoms with van der Waals surface area (Å²) in [5.74, 6) is 0.938. The molecule has 0 amide bonds. The lowest BCUT2D eigenvalue weighted by molar-refractivity contribution is 0.249. The first-order valence-corrected chi connectivity index (χ1v) is 9.63. The lowest BCUT2D eigenvalue weighted by Gasteiger charge is -2.35. The van der Waals surface area contributed by atoms with Crippen molar-refractivity contribution in [3.05, 3.63) is 58.6 Å². The molecule has 0 atom stereocenters. The molecule has 1 fully saturated rings. The van der Waals surface area contributed by atoms with Crippen molar-refractivity contribution in [3.8, 4) is 5.75 Å². The zero-order valence-electron chi connectivity index (χ0n) is 15.0. The number of hydrogen-bond acceptors (Lipinski definition) is 5. The van der Waals surface area contributed by atoms with Crippen LogP contribution in [0.2, 0.25) is 0 Å². The molecule has 1 aliphatic heterocycles. The molecule has 0 radical (unpaired) electrons. The Bertz CT molecular complexity index is 960. The summed E-state index contributed by atoms with van der Waals surface area (Å²) in [6, 6.07) is 11.2. The van der Waals surface area contributed by atoms with Gasteiger partial charge in [0.15, 0.2) is 11.6 Å². The fraction of sp³-hybridized carbons (Fsp3) is 0.300. The second-order valence-corrected chi connectivity index (χ2v) is 7.51. The first-order valence-electron chi connectivity index (χ1n) is 8.84. The summed E-state index contributed by atoms with van der Waals surface area (Å²) in [6.07, 6.45) is 1.62. The van der Waals surface area contributed by atoms with Gasteiger partial charge in [0.1, 0.15) is 12.1 Å². The van der Waals surface area contributed by atoms with E-state index in [1.54, 1.807) is 18.5 Å². The third-order valence-electron chi connectivity index (χ3n) is 4.87. The smallest absolute Gasteiger partial charge is 0.165 e. The van der Waals surface area contributed by atoms with Crippen LogP contribution in [0.4, 0.5) is 10.2 Å². The first kappa shape index (κ1) is 18.1. The average molecular weight is 431 g/mol. The fourth-order valence-corrected chi connectivity index (χ4v) is 3.81. The normalized spacial score (nSPS) is 15.3.